The minimum Gasteiger partial charge on any atom is -0.373 e. The smallest absolute Gasteiger partial charge is 0.373 e. The van der Waals surface area contributed by atoms with Crippen molar-refractivity contribution in [2.45, 2.75) is 55.7 Å². The normalized spacial score (nSPS) is 29.0. The third kappa shape index (κ3) is 3.21. The summed E-state index contributed by atoms with van der Waals surface area (Å²) in [7, 11) is 1.17. The highest BCUT2D eigenvalue weighted by Gasteiger charge is 2.73. The third-order valence-electron chi connectivity index (χ3n) is 7.42. The van der Waals surface area contributed by atoms with Crippen LogP contribution in [0.15, 0.2) is 15.4 Å². The van der Waals surface area contributed by atoms with Crippen LogP contribution in [0.5, 0.6) is 0 Å². The summed E-state index contributed by atoms with van der Waals surface area (Å²) in [6.45, 7) is 0.141. The fourth-order valence-corrected chi connectivity index (χ4v) is 5.69. The highest BCUT2D eigenvalue weighted by Crippen LogP contribution is 2.60. The molecule has 0 amide bonds. The predicted molar refractivity (Wildman–Crippen MR) is 105 cm³/mol. The number of allylic oxidation sites excluding steroid dienone is 1. The standard InChI is InChI=1S/C20H23F7N4O3/c1-8-11-12(29-16(33)30-15(11)32)14(34-2)17(13(8)21,9-3-4-9)31-6-5-10(7-31)18(28,19(22,23)24)20(25,26)27/h9-10,14H,3-7,28H2,1-2H3,(H2,29,30,32,33). The monoisotopic (exact) mass is 500 g/mol. The Kier molecular flexibility index (Phi) is 5.61. The van der Waals surface area contributed by atoms with Gasteiger partial charge in [-0.3, -0.25) is 14.7 Å². The van der Waals surface area contributed by atoms with Crippen molar-refractivity contribution in [2.75, 3.05) is 20.2 Å². The number of nitrogens with two attached hydrogens (primary N) is 1. The van der Waals surface area contributed by atoms with Gasteiger partial charge in [-0.25, -0.2) is 9.18 Å². The zero-order valence-corrected chi connectivity index (χ0v) is 18.2. The summed E-state index contributed by atoms with van der Waals surface area (Å²) in [6, 6.07) is 0. The molecule has 190 valence electrons. The number of alkyl halides is 6. The van der Waals surface area contributed by atoms with Crippen LogP contribution >= 0.6 is 0 Å². The Hall–Kier alpha value is -2.19. The number of hydrogen-bond donors (Lipinski definition) is 3. The summed E-state index contributed by atoms with van der Waals surface area (Å²) in [4.78, 5) is 30.0. The SMILES string of the molecule is COC1c2[nH]c(=O)[nH]c(=O)c2C(C)=C(F)C1(C1CC1)N1CCC(C(N)(C(F)(F)F)C(F)(F)F)C1. The number of likely N-dealkylation sites (tertiary alicyclic amines) is 1. The van der Waals surface area contributed by atoms with Crippen molar-refractivity contribution in [3.05, 3.63) is 37.9 Å². The number of aromatic amines is 2. The highest BCUT2D eigenvalue weighted by atomic mass is 19.4. The maximum absolute atomic E-state index is 16.2. The van der Waals surface area contributed by atoms with E-state index in [1.54, 1.807) is 0 Å². The second kappa shape index (κ2) is 7.65. The van der Waals surface area contributed by atoms with Crippen molar-refractivity contribution in [1.29, 1.82) is 0 Å². The van der Waals surface area contributed by atoms with Gasteiger partial charge in [0.1, 0.15) is 17.5 Å². The van der Waals surface area contributed by atoms with Crippen LogP contribution in [-0.2, 0) is 4.74 Å². The minimum atomic E-state index is -5.79. The molecule has 1 aromatic heterocycles. The van der Waals surface area contributed by atoms with E-state index in [9.17, 15) is 35.9 Å². The number of fused-ring (bicyclic) bond motifs is 1. The summed E-state index contributed by atoms with van der Waals surface area (Å²) >= 11 is 0. The van der Waals surface area contributed by atoms with Crippen LogP contribution in [0.2, 0.25) is 0 Å². The van der Waals surface area contributed by atoms with Crippen LogP contribution in [0.1, 0.15) is 43.5 Å². The van der Waals surface area contributed by atoms with Gasteiger partial charge >= 0.3 is 18.0 Å². The summed E-state index contributed by atoms with van der Waals surface area (Å²) in [5, 5.41) is 0. The second-order valence-corrected chi connectivity index (χ2v) is 9.15. The molecule has 4 N–H and O–H groups in total. The quantitative estimate of drug-likeness (QED) is 0.552. The summed E-state index contributed by atoms with van der Waals surface area (Å²) < 4.78 is 103. The molecule has 14 heteroatoms. The Morgan fingerprint density at radius 1 is 1.06 bits per heavy atom. The van der Waals surface area contributed by atoms with Crippen LogP contribution in [0, 0.1) is 11.8 Å². The van der Waals surface area contributed by atoms with E-state index in [4.69, 9.17) is 10.5 Å². The molecule has 1 saturated carbocycles. The van der Waals surface area contributed by atoms with E-state index >= 15 is 4.39 Å². The average Bonchev–Trinajstić information content (AvgIpc) is 3.44. The fourth-order valence-electron chi connectivity index (χ4n) is 5.69. The van der Waals surface area contributed by atoms with Gasteiger partial charge in [-0.15, -0.1) is 0 Å². The highest BCUT2D eigenvalue weighted by molar-refractivity contribution is 5.72. The zero-order valence-electron chi connectivity index (χ0n) is 18.2. The number of H-pyrrole nitrogens is 2. The molecule has 0 spiro atoms. The average molecular weight is 500 g/mol. The Labute approximate surface area is 188 Å². The number of methoxy groups -OCH3 is 1. The zero-order chi connectivity index (χ0) is 25.4. The van der Waals surface area contributed by atoms with Crippen molar-refractivity contribution in [1.82, 2.24) is 14.9 Å². The fraction of sp³-hybridized carbons (Fsp3) is 0.700. The van der Waals surface area contributed by atoms with Crippen molar-refractivity contribution >= 4 is 5.57 Å². The number of ether oxygens (including phenoxy) is 1. The lowest BCUT2D eigenvalue weighted by Gasteiger charge is -2.49. The Morgan fingerprint density at radius 3 is 2.15 bits per heavy atom. The van der Waals surface area contributed by atoms with Gasteiger partial charge in [-0.1, -0.05) is 0 Å². The van der Waals surface area contributed by atoms with Gasteiger partial charge in [0.25, 0.3) is 5.56 Å². The summed E-state index contributed by atoms with van der Waals surface area (Å²) in [5.41, 5.74) is -3.47. The molecule has 1 aromatic rings. The molecule has 0 radical (unpaired) electrons. The molecule has 34 heavy (non-hydrogen) atoms. The molecule has 3 aliphatic rings. The van der Waals surface area contributed by atoms with E-state index in [1.165, 1.54) is 18.9 Å². The minimum absolute atomic E-state index is 0.0730. The maximum atomic E-state index is 16.2. The van der Waals surface area contributed by atoms with Gasteiger partial charge in [-0.2, -0.15) is 26.3 Å². The molecular weight excluding hydrogens is 477 g/mol. The molecule has 1 saturated heterocycles. The van der Waals surface area contributed by atoms with Crippen LogP contribution in [0.3, 0.4) is 0 Å². The van der Waals surface area contributed by atoms with Gasteiger partial charge in [-0.05, 0) is 44.2 Å². The van der Waals surface area contributed by atoms with Gasteiger partial charge in [0.15, 0.2) is 0 Å². The maximum Gasteiger partial charge on any atom is 0.415 e. The molecule has 0 aromatic carbocycles. The predicted octanol–water partition coefficient (Wildman–Crippen LogP) is 2.76. The number of hydrogen-bond acceptors (Lipinski definition) is 5. The number of halogens is 7. The molecule has 7 nitrogen and oxygen atoms in total. The van der Waals surface area contributed by atoms with E-state index in [0.29, 0.717) is 12.8 Å². The number of rotatable bonds is 4. The Bertz CT molecular complexity index is 1120. The van der Waals surface area contributed by atoms with Gasteiger partial charge < -0.3 is 15.5 Å². The van der Waals surface area contributed by atoms with Crippen molar-refractivity contribution in [3.63, 3.8) is 0 Å². The van der Waals surface area contributed by atoms with Gasteiger partial charge in [0.2, 0.25) is 5.54 Å². The van der Waals surface area contributed by atoms with E-state index in [0.717, 1.165) is 0 Å². The molecule has 0 bridgehead atoms. The van der Waals surface area contributed by atoms with E-state index < -0.39 is 71.4 Å². The summed E-state index contributed by atoms with van der Waals surface area (Å²) in [6.07, 6.45) is -12.7. The molecular formula is C20H23F7N4O3. The number of aromatic nitrogens is 2. The molecule has 2 heterocycles. The van der Waals surface area contributed by atoms with Crippen LogP contribution < -0.4 is 17.0 Å². The first-order chi connectivity index (χ1) is 15.6. The molecule has 2 aliphatic carbocycles. The topological polar surface area (TPSA) is 104 Å². The number of nitrogens with one attached hydrogen (secondary N) is 2. The molecule has 2 fully saturated rings. The van der Waals surface area contributed by atoms with Crippen molar-refractivity contribution < 1.29 is 35.5 Å². The third-order valence-corrected chi connectivity index (χ3v) is 7.42. The van der Waals surface area contributed by atoms with Crippen LogP contribution in [0.25, 0.3) is 5.57 Å². The molecule has 3 unspecified atom stereocenters. The van der Waals surface area contributed by atoms with E-state index in [-0.39, 0.29) is 23.4 Å². The van der Waals surface area contributed by atoms with E-state index in [1.807, 2.05) is 4.98 Å². The lowest BCUT2D eigenvalue weighted by molar-refractivity contribution is -0.310. The first kappa shape index (κ1) is 24.9. The summed E-state index contributed by atoms with van der Waals surface area (Å²) in [5.74, 6) is -3.51. The van der Waals surface area contributed by atoms with Gasteiger partial charge in [0.05, 0.1) is 11.3 Å². The first-order valence-electron chi connectivity index (χ1n) is 10.6. The molecule has 1 aliphatic heterocycles. The molecule has 4 rings (SSSR count). The lowest BCUT2D eigenvalue weighted by Crippen LogP contribution is -2.69. The first-order valence-corrected chi connectivity index (χ1v) is 10.6. The van der Waals surface area contributed by atoms with Gasteiger partial charge in [0, 0.05) is 19.6 Å². The van der Waals surface area contributed by atoms with Crippen LogP contribution in [0.4, 0.5) is 30.7 Å². The Morgan fingerprint density at radius 2 is 1.65 bits per heavy atom. The lowest BCUT2D eigenvalue weighted by atomic mass is 9.74. The van der Waals surface area contributed by atoms with Crippen molar-refractivity contribution in [2.24, 2.45) is 17.6 Å². The second-order valence-electron chi connectivity index (χ2n) is 9.15. The molecule has 3 atom stereocenters. The van der Waals surface area contributed by atoms with Crippen LogP contribution in [-0.4, -0.2) is 58.5 Å². The van der Waals surface area contributed by atoms with Crippen molar-refractivity contribution in [3.8, 4) is 0 Å². The van der Waals surface area contributed by atoms with E-state index in [2.05, 4.69) is 4.98 Å². The largest absolute Gasteiger partial charge is 0.415 e. The Balaban J connectivity index is 1.87. The number of nitrogens with zero attached hydrogens (tertiary/aromatic N) is 1.